The number of amides is 2. The number of fused-ring (bicyclic) bond motifs is 1. The average molecular weight is 381 g/mol. The summed E-state index contributed by atoms with van der Waals surface area (Å²) in [5, 5.41) is 10.6. The Morgan fingerprint density at radius 3 is 3.04 bits per heavy atom. The van der Waals surface area contributed by atoms with Crippen molar-refractivity contribution in [2.24, 2.45) is 0 Å². The van der Waals surface area contributed by atoms with Crippen LogP contribution in [0.25, 0.3) is 5.69 Å². The van der Waals surface area contributed by atoms with Crippen LogP contribution in [0, 0.1) is 13.8 Å². The van der Waals surface area contributed by atoms with Gasteiger partial charge in [0, 0.05) is 24.3 Å². The zero-order valence-corrected chi connectivity index (χ0v) is 16.5. The third-order valence-corrected chi connectivity index (χ3v) is 5.81. The van der Waals surface area contributed by atoms with E-state index in [0.717, 1.165) is 30.5 Å². The summed E-state index contributed by atoms with van der Waals surface area (Å²) in [5.74, 6) is -0.0548. The molecule has 7 nitrogen and oxygen atoms in total. The van der Waals surface area contributed by atoms with E-state index >= 15 is 0 Å². The molecule has 2 aliphatic rings. The maximum absolute atomic E-state index is 12.6. The van der Waals surface area contributed by atoms with Gasteiger partial charge in [-0.05, 0) is 50.3 Å². The number of hydrogen-bond acceptors (Lipinski definition) is 4. The molecule has 1 aliphatic carbocycles. The minimum absolute atomic E-state index is 0.0196. The largest absolute Gasteiger partial charge is 0.354 e. The lowest BCUT2D eigenvalue weighted by molar-refractivity contribution is -0.127. The number of nitrogens with zero attached hydrogens (tertiary/aromatic N) is 3. The zero-order valence-electron chi connectivity index (χ0n) is 16.5. The van der Waals surface area contributed by atoms with Crippen LogP contribution >= 0.6 is 0 Å². The Balaban J connectivity index is 1.50. The van der Waals surface area contributed by atoms with E-state index in [-0.39, 0.29) is 30.9 Å². The number of rotatable bonds is 4. The standard InChI is InChI=1S/C21H27N5O2/c1-14-5-3-7-18(15(14)2)26-19-8-4-6-17(16(19)11-23-26)24-21(28)13-25-10-9-22-20(27)12-25/h3,5,7,11,17H,4,6,8-10,12-13H2,1-2H3,(H,22,27)(H,24,28)/t17-/m0/s1. The number of hydrogen-bond donors (Lipinski definition) is 2. The molecule has 1 aliphatic heterocycles. The first-order chi connectivity index (χ1) is 13.5. The Morgan fingerprint density at radius 2 is 2.21 bits per heavy atom. The number of carbonyl (C=O) groups is 2. The predicted molar refractivity (Wildman–Crippen MR) is 106 cm³/mol. The van der Waals surface area contributed by atoms with Crippen molar-refractivity contribution in [3.63, 3.8) is 0 Å². The second-order valence-corrected chi connectivity index (χ2v) is 7.75. The molecule has 1 saturated heterocycles. The number of aryl methyl sites for hydroxylation is 1. The number of piperazine rings is 1. The van der Waals surface area contributed by atoms with Crippen molar-refractivity contribution < 1.29 is 9.59 Å². The molecule has 0 radical (unpaired) electrons. The fourth-order valence-corrected chi connectivity index (χ4v) is 4.15. The monoisotopic (exact) mass is 381 g/mol. The molecular formula is C21H27N5O2. The van der Waals surface area contributed by atoms with Crippen molar-refractivity contribution in [1.82, 2.24) is 25.3 Å². The summed E-state index contributed by atoms with van der Waals surface area (Å²) in [5.41, 5.74) is 5.86. The van der Waals surface area contributed by atoms with Crippen molar-refractivity contribution in [2.45, 2.75) is 39.2 Å². The van der Waals surface area contributed by atoms with Crippen LogP contribution in [0.3, 0.4) is 0 Å². The Labute approximate surface area is 165 Å². The smallest absolute Gasteiger partial charge is 0.234 e. The van der Waals surface area contributed by atoms with Gasteiger partial charge in [-0.2, -0.15) is 5.10 Å². The summed E-state index contributed by atoms with van der Waals surface area (Å²) >= 11 is 0. The third kappa shape index (κ3) is 3.67. The maximum Gasteiger partial charge on any atom is 0.234 e. The lowest BCUT2D eigenvalue weighted by Gasteiger charge is -2.28. The summed E-state index contributed by atoms with van der Waals surface area (Å²) in [6.45, 7) is 6.08. The molecule has 0 unspecified atom stereocenters. The molecule has 2 N–H and O–H groups in total. The molecule has 1 atom stereocenters. The SMILES string of the molecule is Cc1cccc(-n2ncc3c2CCC[C@@H]3NC(=O)CN2CCNC(=O)C2)c1C. The first-order valence-corrected chi connectivity index (χ1v) is 9.94. The molecular weight excluding hydrogens is 354 g/mol. The summed E-state index contributed by atoms with van der Waals surface area (Å²) in [7, 11) is 0. The molecule has 7 heteroatoms. The highest BCUT2D eigenvalue weighted by Crippen LogP contribution is 2.32. The van der Waals surface area contributed by atoms with Crippen LogP contribution in [0.2, 0.25) is 0 Å². The molecule has 28 heavy (non-hydrogen) atoms. The second-order valence-electron chi connectivity index (χ2n) is 7.75. The maximum atomic E-state index is 12.6. The van der Waals surface area contributed by atoms with Crippen LogP contribution in [-0.2, 0) is 16.0 Å². The van der Waals surface area contributed by atoms with Gasteiger partial charge in [0.2, 0.25) is 11.8 Å². The highest BCUT2D eigenvalue weighted by atomic mass is 16.2. The molecule has 0 spiro atoms. The predicted octanol–water partition coefficient (Wildman–Crippen LogP) is 1.41. The number of carbonyl (C=O) groups excluding carboxylic acids is 2. The Hall–Kier alpha value is -2.67. The average Bonchev–Trinajstić information content (AvgIpc) is 3.09. The van der Waals surface area contributed by atoms with Crippen LogP contribution in [0.15, 0.2) is 24.4 Å². The van der Waals surface area contributed by atoms with Crippen molar-refractivity contribution in [2.75, 3.05) is 26.2 Å². The molecule has 2 amide bonds. The summed E-state index contributed by atoms with van der Waals surface area (Å²) in [4.78, 5) is 25.9. The summed E-state index contributed by atoms with van der Waals surface area (Å²) < 4.78 is 2.03. The van der Waals surface area contributed by atoms with Gasteiger partial charge in [-0.15, -0.1) is 0 Å². The highest BCUT2D eigenvalue weighted by Gasteiger charge is 2.27. The first kappa shape index (κ1) is 18.7. The minimum atomic E-state index is -0.0352. The summed E-state index contributed by atoms with van der Waals surface area (Å²) in [6.07, 6.45) is 4.79. The third-order valence-electron chi connectivity index (χ3n) is 5.81. The Bertz CT molecular complexity index is 904. The zero-order chi connectivity index (χ0) is 19.7. The van der Waals surface area contributed by atoms with Gasteiger partial charge in [0.05, 0.1) is 31.0 Å². The molecule has 1 aromatic heterocycles. The van der Waals surface area contributed by atoms with Gasteiger partial charge >= 0.3 is 0 Å². The van der Waals surface area contributed by atoms with Crippen LogP contribution < -0.4 is 10.6 Å². The molecule has 0 bridgehead atoms. The molecule has 1 aromatic carbocycles. The summed E-state index contributed by atoms with van der Waals surface area (Å²) in [6, 6.07) is 6.24. The van der Waals surface area contributed by atoms with Crippen molar-refractivity contribution in [1.29, 1.82) is 0 Å². The van der Waals surface area contributed by atoms with Gasteiger partial charge < -0.3 is 10.6 Å². The van der Waals surface area contributed by atoms with E-state index in [1.165, 1.54) is 16.8 Å². The Kier molecular flexibility index (Phi) is 5.17. The van der Waals surface area contributed by atoms with Crippen LogP contribution in [0.1, 0.15) is 41.3 Å². The van der Waals surface area contributed by atoms with Crippen molar-refractivity contribution >= 4 is 11.8 Å². The van der Waals surface area contributed by atoms with E-state index in [1.807, 2.05) is 15.8 Å². The van der Waals surface area contributed by atoms with E-state index < -0.39 is 0 Å². The molecule has 2 heterocycles. The number of nitrogens with one attached hydrogen (secondary N) is 2. The van der Waals surface area contributed by atoms with Gasteiger partial charge in [-0.25, -0.2) is 4.68 Å². The highest BCUT2D eigenvalue weighted by molar-refractivity contribution is 5.82. The van der Waals surface area contributed by atoms with E-state index in [4.69, 9.17) is 0 Å². The minimum Gasteiger partial charge on any atom is -0.354 e. The molecule has 148 valence electrons. The topological polar surface area (TPSA) is 79.3 Å². The number of benzene rings is 1. The fraction of sp³-hybridized carbons (Fsp3) is 0.476. The van der Waals surface area contributed by atoms with Gasteiger partial charge in [-0.1, -0.05) is 12.1 Å². The van der Waals surface area contributed by atoms with Crippen molar-refractivity contribution in [3.05, 3.63) is 46.8 Å². The van der Waals surface area contributed by atoms with Gasteiger partial charge in [0.25, 0.3) is 0 Å². The van der Waals surface area contributed by atoms with Crippen LogP contribution in [-0.4, -0.2) is 52.7 Å². The van der Waals surface area contributed by atoms with E-state index in [1.54, 1.807) is 0 Å². The Morgan fingerprint density at radius 1 is 1.36 bits per heavy atom. The van der Waals surface area contributed by atoms with Crippen LogP contribution in [0.4, 0.5) is 0 Å². The lowest BCUT2D eigenvalue weighted by Crippen LogP contribution is -2.50. The van der Waals surface area contributed by atoms with E-state index in [9.17, 15) is 9.59 Å². The quantitative estimate of drug-likeness (QED) is 0.839. The van der Waals surface area contributed by atoms with E-state index in [0.29, 0.717) is 13.1 Å². The lowest BCUT2D eigenvalue weighted by atomic mass is 9.92. The van der Waals surface area contributed by atoms with Crippen LogP contribution in [0.5, 0.6) is 0 Å². The first-order valence-electron chi connectivity index (χ1n) is 9.94. The molecule has 1 fully saturated rings. The second kappa shape index (κ2) is 7.75. The van der Waals surface area contributed by atoms with Crippen molar-refractivity contribution in [3.8, 4) is 5.69 Å². The fourth-order valence-electron chi connectivity index (χ4n) is 4.15. The molecule has 4 rings (SSSR count). The van der Waals surface area contributed by atoms with E-state index in [2.05, 4.69) is 47.8 Å². The number of aromatic nitrogens is 2. The molecule has 0 saturated carbocycles. The normalized spacial score (nSPS) is 19.8. The van der Waals surface area contributed by atoms with Gasteiger partial charge in [-0.3, -0.25) is 14.5 Å². The molecule has 2 aromatic rings. The van der Waals surface area contributed by atoms with Gasteiger partial charge in [0.1, 0.15) is 0 Å². The van der Waals surface area contributed by atoms with Gasteiger partial charge in [0.15, 0.2) is 0 Å².